The summed E-state index contributed by atoms with van der Waals surface area (Å²) in [5.74, 6) is 1.98. The number of anilines is 1. The lowest BCUT2D eigenvalue weighted by Gasteiger charge is -2.33. The molecule has 4 rings (SSSR count). The molecule has 2 aliphatic rings. The lowest BCUT2D eigenvalue weighted by molar-refractivity contribution is 0.0914. The van der Waals surface area contributed by atoms with E-state index >= 15 is 0 Å². The normalized spacial score (nSPS) is 20.3. The van der Waals surface area contributed by atoms with Crippen LogP contribution in [0, 0.1) is 5.92 Å². The highest BCUT2D eigenvalue weighted by molar-refractivity contribution is 5.90. The number of carbonyl (C=O) groups excluding carboxylic acids is 1. The summed E-state index contributed by atoms with van der Waals surface area (Å²) in [7, 11) is 3.19. The third kappa shape index (κ3) is 4.70. The number of amides is 1. The molecule has 2 aromatic carbocycles. The number of hydrogen-bond acceptors (Lipinski definition) is 5. The fourth-order valence-corrected chi connectivity index (χ4v) is 4.43. The fraction of sp³-hybridized carbons (Fsp3) is 0.458. The maximum Gasteiger partial charge on any atom is 0.414 e. The van der Waals surface area contributed by atoms with Crippen molar-refractivity contribution in [1.29, 1.82) is 0 Å². The van der Waals surface area contributed by atoms with Gasteiger partial charge in [0.05, 0.1) is 26.5 Å². The molecule has 0 aliphatic carbocycles. The first-order chi connectivity index (χ1) is 14.7. The van der Waals surface area contributed by atoms with Gasteiger partial charge in [-0.1, -0.05) is 30.3 Å². The molecular formula is C24H30N2O4. The highest BCUT2D eigenvalue weighted by Crippen LogP contribution is 2.33. The van der Waals surface area contributed by atoms with Crippen LogP contribution in [0.1, 0.15) is 18.4 Å². The molecule has 1 unspecified atom stereocenters. The molecule has 0 aromatic heterocycles. The van der Waals surface area contributed by atoms with E-state index in [1.54, 1.807) is 19.1 Å². The van der Waals surface area contributed by atoms with E-state index in [0.29, 0.717) is 18.0 Å². The van der Waals surface area contributed by atoms with Gasteiger partial charge < -0.3 is 14.2 Å². The van der Waals surface area contributed by atoms with E-state index in [2.05, 4.69) is 35.2 Å². The topological polar surface area (TPSA) is 51.2 Å². The molecular weight excluding hydrogens is 380 g/mol. The van der Waals surface area contributed by atoms with Gasteiger partial charge >= 0.3 is 6.09 Å². The van der Waals surface area contributed by atoms with Gasteiger partial charge in [-0.25, -0.2) is 4.79 Å². The Hall–Kier alpha value is -2.73. The van der Waals surface area contributed by atoms with Gasteiger partial charge in [0.25, 0.3) is 0 Å². The zero-order chi connectivity index (χ0) is 20.9. The number of carbonyl (C=O) groups is 1. The van der Waals surface area contributed by atoms with Gasteiger partial charge in [0.1, 0.15) is 6.10 Å². The van der Waals surface area contributed by atoms with E-state index in [-0.39, 0.29) is 12.2 Å². The molecule has 6 nitrogen and oxygen atoms in total. The highest BCUT2D eigenvalue weighted by atomic mass is 16.6. The Labute approximate surface area is 178 Å². The van der Waals surface area contributed by atoms with Gasteiger partial charge in [0, 0.05) is 12.6 Å². The Morgan fingerprint density at radius 1 is 1.00 bits per heavy atom. The number of benzene rings is 2. The Bertz CT molecular complexity index is 850. The molecule has 1 amide bonds. The number of piperidine rings is 1. The quantitative estimate of drug-likeness (QED) is 0.691. The molecule has 6 heteroatoms. The van der Waals surface area contributed by atoms with E-state index < -0.39 is 0 Å². The molecule has 0 N–H and O–H groups in total. The van der Waals surface area contributed by atoms with Crippen molar-refractivity contribution in [3.63, 3.8) is 0 Å². The molecule has 30 heavy (non-hydrogen) atoms. The van der Waals surface area contributed by atoms with Gasteiger partial charge in [-0.05, 0) is 56.0 Å². The van der Waals surface area contributed by atoms with E-state index in [9.17, 15) is 4.79 Å². The molecule has 2 heterocycles. The molecule has 0 bridgehead atoms. The second-order valence-electron chi connectivity index (χ2n) is 8.09. The first-order valence-corrected chi connectivity index (χ1v) is 10.6. The van der Waals surface area contributed by atoms with Crippen LogP contribution < -0.4 is 14.4 Å². The van der Waals surface area contributed by atoms with Crippen LogP contribution in [-0.2, 0) is 11.2 Å². The van der Waals surface area contributed by atoms with Crippen LogP contribution in [0.2, 0.25) is 0 Å². The molecule has 2 aliphatic heterocycles. The maximum absolute atomic E-state index is 12.4. The lowest BCUT2D eigenvalue weighted by Crippen LogP contribution is -2.40. The summed E-state index contributed by atoms with van der Waals surface area (Å²) in [6.45, 7) is 3.45. The lowest BCUT2D eigenvalue weighted by atomic mass is 9.90. The van der Waals surface area contributed by atoms with Crippen molar-refractivity contribution in [2.75, 3.05) is 45.3 Å². The molecule has 0 radical (unpaired) electrons. The molecule has 1 atom stereocenters. The third-order valence-corrected chi connectivity index (χ3v) is 6.09. The molecule has 160 valence electrons. The molecule has 2 saturated heterocycles. The number of rotatable bonds is 7. The summed E-state index contributed by atoms with van der Waals surface area (Å²) in [5, 5.41) is 0. The fourth-order valence-electron chi connectivity index (χ4n) is 4.43. The summed E-state index contributed by atoms with van der Waals surface area (Å²) >= 11 is 0. The third-order valence-electron chi connectivity index (χ3n) is 6.09. The number of nitrogens with zero attached hydrogens (tertiary/aromatic N) is 2. The predicted octanol–water partition coefficient (Wildman–Crippen LogP) is 3.98. The van der Waals surface area contributed by atoms with E-state index in [0.717, 1.165) is 37.7 Å². The van der Waals surface area contributed by atoms with Crippen molar-refractivity contribution >= 4 is 11.8 Å². The first-order valence-electron chi connectivity index (χ1n) is 10.6. The van der Waals surface area contributed by atoms with Crippen molar-refractivity contribution in [3.05, 3.63) is 54.1 Å². The minimum absolute atomic E-state index is 0.115. The number of ether oxygens (including phenoxy) is 3. The smallest absolute Gasteiger partial charge is 0.414 e. The summed E-state index contributed by atoms with van der Waals surface area (Å²) in [4.78, 5) is 16.6. The summed E-state index contributed by atoms with van der Waals surface area (Å²) in [6.07, 6.45) is 3.12. The standard InChI is InChI=1S/C24H30N2O4/c1-28-22-9-8-20(15-23(22)29-2)26-17-21(30-24(26)27)16-25-12-10-19(11-13-25)14-18-6-4-3-5-7-18/h3-9,15,19,21H,10-14,16-17H2,1-2H3. The van der Waals surface area contributed by atoms with E-state index in [1.165, 1.54) is 18.4 Å². The monoisotopic (exact) mass is 410 g/mol. The summed E-state index contributed by atoms with van der Waals surface area (Å²) in [6, 6.07) is 16.2. The largest absolute Gasteiger partial charge is 0.493 e. The Morgan fingerprint density at radius 3 is 2.43 bits per heavy atom. The zero-order valence-corrected chi connectivity index (χ0v) is 17.8. The SMILES string of the molecule is COc1ccc(N2CC(CN3CCC(Cc4ccccc4)CC3)OC2=O)cc1OC. The van der Waals surface area contributed by atoms with Crippen molar-refractivity contribution in [2.45, 2.75) is 25.4 Å². The van der Waals surface area contributed by atoms with Gasteiger partial charge in [0.15, 0.2) is 11.5 Å². The second-order valence-corrected chi connectivity index (χ2v) is 8.09. The minimum atomic E-state index is -0.300. The van der Waals surface area contributed by atoms with Crippen LogP contribution in [0.5, 0.6) is 11.5 Å². The minimum Gasteiger partial charge on any atom is -0.493 e. The van der Waals surface area contributed by atoms with Crippen molar-refractivity contribution in [3.8, 4) is 11.5 Å². The first kappa shape index (κ1) is 20.5. The number of hydrogen-bond donors (Lipinski definition) is 0. The maximum atomic E-state index is 12.4. The molecule has 0 saturated carbocycles. The number of cyclic esters (lactones) is 1. The predicted molar refractivity (Wildman–Crippen MR) is 116 cm³/mol. The van der Waals surface area contributed by atoms with Crippen LogP contribution >= 0.6 is 0 Å². The molecule has 0 spiro atoms. The average Bonchev–Trinajstić information content (AvgIpc) is 3.15. The van der Waals surface area contributed by atoms with Crippen molar-refractivity contribution in [1.82, 2.24) is 4.90 Å². The van der Waals surface area contributed by atoms with Gasteiger partial charge in [-0.2, -0.15) is 0 Å². The van der Waals surface area contributed by atoms with Crippen LogP contribution in [-0.4, -0.2) is 57.5 Å². The van der Waals surface area contributed by atoms with Crippen LogP contribution in [0.4, 0.5) is 10.5 Å². The van der Waals surface area contributed by atoms with Crippen molar-refractivity contribution < 1.29 is 19.0 Å². The number of likely N-dealkylation sites (tertiary alicyclic amines) is 1. The van der Waals surface area contributed by atoms with Gasteiger partial charge in [-0.15, -0.1) is 0 Å². The van der Waals surface area contributed by atoms with Crippen molar-refractivity contribution in [2.24, 2.45) is 5.92 Å². The zero-order valence-electron chi connectivity index (χ0n) is 17.8. The van der Waals surface area contributed by atoms with Gasteiger partial charge in [0.2, 0.25) is 0 Å². The average molecular weight is 411 g/mol. The van der Waals surface area contributed by atoms with E-state index in [1.807, 2.05) is 18.2 Å². The summed E-state index contributed by atoms with van der Waals surface area (Å²) in [5.41, 5.74) is 2.19. The molecule has 2 aromatic rings. The van der Waals surface area contributed by atoms with E-state index in [4.69, 9.17) is 14.2 Å². The highest BCUT2D eigenvalue weighted by Gasteiger charge is 2.34. The Morgan fingerprint density at radius 2 is 1.73 bits per heavy atom. The molecule has 2 fully saturated rings. The van der Waals surface area contributed by atoms with Crippen LogP contribution in [0.25, 0.3) is 0 Å². The Kier molecular flexibility index (Phi) is 6.43. The van der Waals surface area contributed by atoms with Crippen LogP contribution in [0.15, 0.2) is 48.5 Å². The second kappa shape index (κ2) is 9.39. The summed E-state index contributed by atoms with van der Waals surface area (Å²) < 4.78 is 16.3. The Balaban J connectivity index is 1.29. The van der Waals surface area contributed by atoms with Gasteiger partial charge in [-0.3, -0.25) is 9.80 Å². The van der Waals surface area contributed by atoms with Crippen LogP contribution in [0.3, 0.4) is 0 Å². The number of methoxy groups -OCH3 is 2.